The van der Waals surface area contributed by atoms with E-state index in [0.29, 0.717) is 18.5 Å². The van der Waals surface area contributed by atoms with E-state index in [0.717, 1.165) is 30.1 Å². The van der Waals surface area contributed by atoms with Crippen molar-refractivity contribution in [3.8, 4) is 0 Å². The first-order valence-electron chi connectivity index (χ1n) is 8.23. The molecule has 0 aliphatic carbocycles. The SMILES string of the molecule is CC(C)(CNC(=O)C1NNC2CCNCC21)c1ccc(Cl)cc1. The Hall–Kier alpha value is -1.14. The van der Waals surface area contributed by atoms with E-state index in [9.17, 15) is 4.79 Å². The van der Waals surface area contributed by atoms with Crippen molar-refractivity contribution >= 4 is 17.5 Å². The van der Waals surface area contributed by atoms with Gasteiger partial charge in [-0.1, -0.05) is 37.6 Å². The normalized spacial score (nSPS) is 27.5. The topological polar surface area (TPSA) is 65.2 Å². The number of nitrogens with one attached hydrogen (secondary N) is 4. The Morgan fingerprint density at radius 2 is 2.04 bits per heavy atom. The van der Waals surface area contributed by atoms with Crippen LogP contribution in [-0.2, 0) is 10.2 Å². The number of rotatable bonds is 4. The van der Waals surface area contributed by atoms with Crippen LogP contribution < -0.4 is 21.5 Å². The molecule has 0 aromatic heterocycles. The summed E-state index contributed by atoms with van der Waals surface area (Å²) in [5.74, 6) is 0.373. The Morgan fingerprint density at radius 3 is 2.78 bits per heavy atom. The summed E-state index contributed by atoms with van der Waals surface area (Å²) in [4.78, 5) is 12.6. The Morgan fingerprint density at radius 1 is 1.30 bits per heavy atom. The maximum Gasteiger partial charge on any atom is 0.238 e. The first-order valence-corrected chi connectivity index (χ1v) is 8.61. The maximum absolute atomic E-state index is 12.6. The lowest BCUT2D eigenvalue weighted by Gasteiger charge is -2.29. The van der Waals surface area contributed by atoms with Crippen LogP contribution in [0.1, 0.15) is 25.8 Å². The highest BCUT2D eigenvalue weighted by molar-refractivity contribution is 6.30. The number of hydrogen-bond donors (Lipinski definition) is 4. The van der Waals surface area contributed by atoms with Crippen molar-refractivity contribution in [1.82, 2.24) is 21.5 Å². The third-order valence-electron chi connectivity index (χ3n) is 4.99. The highest BCUT2D eigenvalue weighted by Gasteiger charge is 2.41. The van der Waals surface area contributed by atoms with E-state index in [4.69, 9.17) is 11.6 Å². The average molecular weight is 337 g/mol. The molecular weight excluding hydrogens is 312 g/mol. The van der Waals surface area contributed by atoms with E-state index in [1.165, 1.54) is 0 Å². The van der Waals surface area contributed by atoms with Gasteiger partial charge in [0.1, 0.15) is 6.04 Å². The van der Waals surface area contributed by atoms with Crippen LogP contribution in [0.3, 0.4) is 0 Å². The van der Waals surface area contributed by atoms with Gasteiger partial charge >= 0.3 is 0 Å². The molecule has 3 rings (SSSR count). The molecule has 3 unspecified atom stereocenters. The van der Waals surface area contributed by atoms with E-state index in [2.05, 4.69) is 35.3 Å². The summed E-state index contributed by atoms with van der Waals surface area (Å²) < 4.78 is 0. The van der Waals surface area contributed by atoms with Crippen LogP contribution in [0.25, 0.3) is 0 Å². The Kier molecular flexibility index (Phi) is 4.92. The highest BCUT2D eigenvalue weighted by Crippen LogP contribution is 2.24. The summed E-state index contributed by atoms with van der Waals surface area (Å²) in [6, 6.07) is 8.03. The fourth-order valence-corrected chi connectivity index (χ4v) is 3.52. The molecule has 2 aliphatic rings. The van der Waals surface area contributed by atoms with E-state index in [1.807, 2.05) is 24.3 Å². The summed E-state index contributed by atoms with van der Waals surface area (Å²) in [7, 11) is 0. The molecule has 3 atom stereocenters. The molecule has 1 amide bonds. The van der Waals surface area contributed by atoms with Crippen LogP contribution in [0, 0.1) is 5.92 Å². The second kappa shape index (κ2) is 6.77. The monoisotopic (exact) mass is 336 g/mol. The minimum absolute atomic E-state index is 0.0655. The van der Waals surface area contributed by atoms with Crippen LogP contribution in [-0.4, -0.2) is 37.6 Å². The van der Waals surface area contributed by atoms with Gasteiger partial charge in [0, 0.05) is 35.5 Å². The zero-order chi connectivity index (χ0) is 16.4. The van der Waals surface area contributed by atoms with Gasteiger partial charge in [-0.25, -0.2) is 5.43 Å². The van der Waals surface area contributed by atoms with Crippen LogP contribution >= 0.6 is 11.6 Å². The second-order valence-electron chi connectivity index (χ2n) is 7.14. The minimum Gasteiger partial charge on any atom is -0.354 e. The molecule has 2 fully saturated rings. The Labute approximate surface area is 142 Å². The van der Waals surface area contributed by atoms with Gasteiger partial charge in [0.05, 0.1) is 0 Å². The van der Waals surface area contributed by atoms with Crippen LogP contribution in [0.2, 0.25) is 5.02 Å². The summed E-state index contributed by atoms with van der Waals surface area (Å²) in [5, 5.41) is 7.21. The lowest BCUT2D eigenvalue weighted by molar-refractivity contribution is -0.124. The summed E-state index contributed by atoms with van der Waals surface area (Å²) in [6.45, 7) is 6.73. The number of fused-ring (bicyclic) bond motifs is 1. The third-order valence-corrected chi connectivity index (χ3v) is 5.25. The standard InChI is InChI=1S/C17H25ClN4O/c1-17(2,11-3-5-12(18)6-4-11)10-20-16(23)15-13-9-19-8-7-14(13)21-22-15/h3-6,13-15,19,21-22H,7-10H2,1-2H3,(H,20,23). The molecule has 0 bridgehead atoms. The summed E-state index contributed by atoms with van der Waals surface area (Å²) >= 11 is 5.95. The van der Waals surface area contributed by atoms with E-state index < -0.39 is 0 Å². The summed E-state index contributed by atoms with van der Waals surface area (Å²) in [5.41, 5.74) is 7.44. The van der Waals surface area contributed by atoms with Crippen molar-refractivity contribution < 1.29 is 4.79 Å². The van der Waals surface area contributed by atoms with Gasteiger partial charge in [0.15, 0.2) is 0 Å². The number of benzene rings is 1. The molecule has 2 aliphatic heterocycles. The molecule has 23 heavy (non-hydrogen) atoms. The predicted octanol–water partition coefficient (Wildman–Crippen LogP) is 1.19. The van der Waals surface area contributed by atoms with Crippen molar-refractivity contribution in [2.45, 2.75) is 37.8 Å². The Balaban J connectivity index is 1.59. The van der Waals surface area contributed by atoms with E-state index in [1.54, 1.807) is 0 Å². The molecule has 0 spiro atoms. The van der Waals surface area contributed by atoms with Crippen LogP contribution in [0.15, 0.2) is 24.3 Å². The van der Waals surface area contributed by atoms with Gasteiger partial charge in [-0.15, -0.1) is 0 Å². The number of carbonyl (C=O) groups is 1. The number of carbonyl (C=O) groups excluding carboxylic acids is 1. The molecule has 1 aromatic rings. The zero-order valence-corrected chi connectivity index (χ0v) is 14.4. The van der Waals surface area contributed by atoms with Gasteiger partial charge in [-0.3, -0.25) is 10.2 Å². The quantitative estimate of drug-likeness (QED) is 0.667. The molecule has 5 nitrogen and oxygen atoms in total. The average Bonchev–Trinajstić information content (AvgIpc) is 2.97. The molecule has 2 heterocycles. The molecule has 126 valence electrons. The molecule has 6 heteroatoms. The highest BCUT2D eigenvalue weighted by atomic mass is 35.5. The van der Waals surface area contributed by atoms with Gasteiger partial charge in [-0.05, 0) is 30.7 Å². The summed E-state index contributed by atoms with van der Waals surface area (Å²) in [6.07, 6.45) is 1.05. The van der Waals surface area contributed by atoms with Gasteiger partial charge in [-0.2, -0.15) is 0 Å². The number of hydrazine groups is 1. The fraction of sp³-hybridized carbons (Fsp3) is 0.588. The first-order chi connectivity index (χ1) is 11.0. The molecular formula is C17H25ClN4O. The number of amides is 1. The minimum atomic E-state index is -0.172. The smallest absolute Gasteiger partial charge is 0.238 e. The predicted molar refractivity (Wildman–Crippen MR) is 92.3 cm³/mol. The van der Waals surface area contributed by atoms with Gasteiger partial charge in [0.2, 0.25) is 5.91 Å². The molecule has 2 saturated heterocycles. The molecule has 0 saturated carbocycles. The molecule has 0 radical (unpaired) electrons. The second-order valence-corrected chi connectivity index (χ2v) is 7.57. The third kappa shape index (κ3) is 3.69. The fourth-order valence-electron chi connectivity index (χ4n) is 3.40. The van der Waals surface area contributed by atoms with Crippen molar-refractivity contribution in [1.29, 1.82) is 0 Å². The Bertz CT molecular complexity index is 560. The number of piperidine rings is 1. The van der Waals surface area contributed by atoms with Crippen LogP contribution in [0.5, 0.6) is 0 Å². The van der Waals surface area contributed by atoms with Crippen LogP contribution in [0.4, 0.5) is 0 Å². The molecule has 1 aromatic carbocycles. The maximum atomic E-state index is 12.6. The van der Waals surface area contributed by atoms with Crippen molar-refractivity contribution in [2.24, 2.45) is 5.92 Å². The molecule has 4 N–H and O–H groups in total. The largest absolute Gasteiger partial charge is 0.354 e. The van der Waals surface area contributed by atoms with Crippen molar-refractivity contribution in [2.75, 3.05) is 19.6 Å². The lowest BCUT2D eigenvalue weighted by Crippen LogP contribution is -2.51. The zero-order valence-electron chi connectivity index (χ0n) is 13.7. The van der Waals surface area contributed by atoms with Crippen molar-refractivity contribution in [3.05, 3.63) is 34.9 Å². The van der Waals surface area contributed by atoms with E-state index >= 15 is 0 Å². The number of hydrogen-bond acceptors (Lipinski definition) is 4. The number of halogens is 1. The lowest BCUT2D eigenvalue weighted by atomic mass is 9.84. The van der Waals surface area contributed by atoms with E-state index in [-0.39, 0.29) is 17.4 Å². The van der Waals surface area contributed by atoms with Crippen molar-refractivity contribution in [3.63, 3.8) is 0 Å². The van der Waals surface area contributed by atoms with Gasteiger partial charge in [0.25, 0.3) is 0 Å². The van der Waals surface area contributed by atoms with Gasteiger partial charge < -0.3 is 10.6 Å². The first kappa shape index (κ1) is 16.7.